The molecule has 7 heteroatoms. The Bertz CT molecular complexity index is 967. The van der Waals surface area contributed by atoms with Crippen molar-refractivity contribution in [3.63, 3.8) is 0 Å². The molecule has 1 fully saturated rings. The maximum atomic E-state index is 12.5. The molecule has 2 heterocycles. The summed E-state index contributed by atoms with van der Waals surface area (Å²) < 4.78 is 1.76. The number of rotatable bonds is 6. The quantitative estimate of drug-likeness (QED) is 0.717. The van der Waals surface area contributed by atoms with E-state index in [0.29, 0.717) is 31.6 Å². The largest absolute Gasteiger partial charge is 0.348 e. The molecular formula is C21H21N5O2. The molecule has 1 saturated heterocycles. The van der Waals surface area contributed by atoms with Gasteiger partial charge in [-0.1, -0.05) is 30.3 Å². The first kappa shape index (κ1) is 17.9. The van der Waals surface area contributed by atoms with Crippen LogP contribution in [-0.2, 0) is 17.9 Å². The highest BCUT2D eigenvalue weighted by molar-refractivity contribution is 5.99. The minimum Gasteiger partial charge on any atom is -0.348 e. The number of nitrogens with zero attached hydrogens (tertiary/aromatic N) is 4. The highest BCUT2D eigenvalue weighted by atomic mass is 16.2. The van der Waals surface area contributed by atoms with Gasteiger partial charge in [0.15, 0.2) is 0 Å². The third-order valence-corrected chi connectivity index (χ3v) is 4.78. The fourth-order valence-corrected chi connectivity index (χ4v) is 3.28. The average molecular weight is 375 g/mol. The van der Waals surface area contributed by atoms with Crippen LogP contribution in [0.2, 0.25) is 0 Å². The molecule has 0 aliphatic carbocycles. The van der Waals surface area contributed by atoms with Crippen LogP contribution in [0.25, 0.3) is 0 Å². The van der Waals surface area contributed by atoms with Crippen molar-refractivity contribution in [2.75, 3.05) is 11.4 Å². The predicted octanol–water partition coefficient (Wildman–Crippen LogP) is 2.38. The molecule has 1 aliphatic rings. The fraction of sp³-hybridized carbons (Fsp3) is 0.238. The van der Waals surface area contributed by atoms with E-state index in [1.807, 2.05) is 36.4 Å². The standard InChI is InChI=1S/C21H21N5O2/c27-20-5-2-10-26(20)19-4-1-3-18(11-19)21(28)23-12-16-6-8-17(9-7-16)13-25-15-22-14-24-25/h1,3-4,6-9,11,14-15H,2,5,10,12-13H2,(H,23,28). The number of benzene rings is 2. The zero-order valence-electron chi connectivity index (χ0n) is 15.4. The highest BCUT2D eigenvalue weighted by Gasteiger charge is 2.22. The van der Waals surface area contributed by atoms with Gasteiger partial charge in [-0.3, -0.25) is 9.59 Å². The number of amides is 2. The summed E-state index contributed by atoms with van der Waals surface area (Å²) in [6, 6.07) is 15.2. The molecule has 142 valence electrons. The lowest BCUT2D eigenvalue weighted by Gasteiger charge is -2.16. The number of carbonyl (C=O) groups excluding carboxylic acids is 2. The van der Waals surface area contributed by atoms with Crippen LogP contribution in [-0.4, -0.2) is 33.1 Å². The van der Waals surface area contributed by atoms with E-state index < -0.39 is 0 Å². The predicted molar refractivity (Wildman–Crippen MR) is 105 cm³/mol. The number of hydrogen-bond donors (Lipinski definition) is 1. The molecule has 1 N–H and O–H groups in total. The Morgan fingerprint density at radius 3 is 2.64 bits per heavy atom. The average Bonchev–Trinajstić information content (AvgIpc) is 3.39. The molecule has 0 radical (unpaired) electrons. The molecule has 2 amide bonds. The second-order valence-corrected chi connectivity index (χ2v) is 6.79. The van der Waals surface area contributed by atoms with Crippen molar-refractivity contribution in [1.82, 2.24) is 20.1 Å². The van der Waals surface area contributed by atoms with Crippen molar-refractivity contribution in [3.8, 4) is 0 Å². The summed E-state index contributed by atoms with van der Waals surface area (Å²) in [6.45, 7) is 1.81. The van der Waals surface area contributed by atoms with Gasteiger partial charge in [-0.05, 0) is 35.7 Å². The zero-order valence-corrected chi connectivity index (χ0v) is 15.4. The molecule has 2 aromatic carbocycles. The number of hydrogen-bond acceptors (Lipinski definition) is 4. The second-order valence-electron chi connectivity index (χ2n) is 6.79. The van der Waals surface area contributed by atoms with Crippen molar-refractivity contribution < 1.29 is 9.59 Å². The minimum absolute atomic E-state index is 0.114. The molecule has 0 unspecified atom stereocenters. The van der Waals surface area contributed by atoms with E-state index in [4.69, 9.17) is 0 Å². The Morgan fingerprint density at radius 1 is 1.11 bits per heavy atom. The molecule has 7 nitrogen and oxygen atoms in total. The molecule has 0 spiro atoms. The summed E-state index contributed by atoms with van der Waals surface area (Å²) in [7, 11) is 0. The van der Waals surface area contributed by atoms with Gasteiger partial charge >= 0.3 is 0 Å². The normalized spacial score (nSPS) is 13.7. The van der Waals surface area contributed by atoms with Crippen molar-refractivity contribution in [3.05, 3.63) is 77.9 Å². The molecule has 3 aromatic rings. The Balaban J connectivity index is 1.36. The van der Waals surface area contributed by atoms with Crippen LogP contribution in [0.15, 0.2) is 61.2 Å². The van der Waals surface area contributed by atoms with Crippen molar-refractivity contribution in [2.45, 2.75) is 25.9 Å². The van der Waals surface area contributed by atoms with E-state index in [2.05, 4.69) is 15.4 Å². The molecule has 0 saturated carbocycles. The van der Waals surface area contributed by atoms with E-state index >= 15 is 0 Å². The van der Waals surface area contributed by atoms with Crippen LogP contribution in [0.1, 0.15) is 34.3 Å². The molecule has 0 bridgehead atoms. The van der Waals surface area contributed by atoms with Gasteiger partial charge in [0.1, 0.15) is 12.7 Å². The van der Waals surface area contributed by atoms with Gasteiger partial charge in [0, 0.05) is 30.8 Å². The van der Waals surface area contributed by atoms with Gasteiger partial charge in [-0.15, -0.1) is 0 Å². The van der Waals surface area contributed by atoms with Gasteiger partial charge in [0.2, 0.25) is 5.91 Å². The molecule has 1 aromatic heterocycles. The van der Waals surface area contributed by atoms with Crippen molar-refractivity contribution >= 4 is 17.5 Å². The summed E-state index contributed by atoms with van der Waals surface area (Å²) in [4.78, 5) is 30.1. The van der Waals surface area contributed by atoms with Crippen LogP contribution in [0, 0.1) is 0 Å². The fourth-order valence-electron chi connectivity index (χ4n) is 3.28. The maximum Gasteiger partial charge on any atom is 0.251 e. The van der Waals surface area contributed by atoms with Crippen LogP contribution < -0.4 is 10.2 Å². The lowest BCUT2D eigenvalue weighted by atomic mass is 10.1. The summed E-state index contributed by atoms with van der Waals surface area (Å²) in [5, 5.41) is 7.03. The number of aromatic nitrogens is 3. The number of carbonyl (C=O) groups is 2. The van der Waals surface area contributed by atoms with E-state index in [1.165, 1.54) is 6.33 Å². The third-order valence-electron chi connectivity index (χ3n) is 4.78. The highest BCUT2D eigenvalue weighted by Crippen LogP contribution is 2.22. The molecule has 4 rings (SSSR count). The monoisotopic (exact) mass is 375 g/mol. The van der Waals surface area contributed by atoms with Gasteiger partial charge in [-0.2, -0.15) is 5.10 Å². The lowest BCUT2D eigenvalue weighted by molar-refractivity contribution is -0.117. The summed E-state index contributed by atoms with van der Waals surface area (Å²) >= 11 is 0. The van der Waals surface area contributed by atoms with Crippen molar-refractivity contribution in [2.24, 2.45) is 0 Å². The summed E-state index contributed by atoms with van der Waals surface area (Å²) in [5.74, 6) is -0.0382. The topological polar surface area (TPSA) is 80.1 Å². The first-order valence-electron chi connectivity index (χ1n) is 9.28. The minimum atomic E-state index is -0.153. The molecule has 0 atom stereocenters. The van der Waals surface area contributed by atoms with Gasteiger partial charge in [0.05, 0.1) is 6.54 Å². The van der Waals surface area contributed by atoms with Crippen LogP contribution in [0.3, 0.4) is 0 Å². The summed E-state index contributed by atoms with van der Waals surface area (Å²) in [5.41, 5.74) is 3.47. The molecule has 1 aliphatic heterocycles. The SMILES string of the molecule is O=C(NCc1ccc(Cn2cncn2)cc1)c1cccc(N2CCCC2=O)c1. The molecule has 28 heavy (non-hydrogen) atoms. The van der Waals surface area contributed by atoms with Gasteiger partial charge in [-0.25, -0.2) is 9.67 Å². The van der Waals surface area contributed by atoms with E-state index in [1.54, 1.807) is 28.0 Å². The second kappa shape index (κ2) is 8.04. The summed E-state index contributed by atoms with van der Waals surface area (Å²) in [6.07, 6.45) is 4.63. The lowest BCUT2D eigenvalue weighted by Crippen LogP contribution is -2.25. The number of nitrogens with one attached hydrogen (secondary N) is 1. The van der Waals surface area contributed by atoms with E-state index in [0.717, 1.165) is 23.2 Å². The third kappa shape index (κ3) is 4.09. The molecular weight excluding hydrogens is 354 g/mol. The Morgan fingerprint density at radius 2 is 1.93 bits per heavy atom. The number of anilines is 1. The van der Waals surface area contributed by atoms with E-state index in [-0.39, 0.29) is 11.8 Å². The Labute approximate surface area is 163 Å². The first-order chi connectivity index (χ1) is 13.7. The Kier molecular flexibility index (Phi) is 5.14. The van der Waals surface area contributed by atoms with Crippen LogP contribution >= 0.6 is 0 Å². The maximum absolute atomic E-state index is 12.5. The van der Waals surface area contributed by atoms with E-state index in [9.17, 15) is 9.59 Å². The van der Waals surface area contributed by atoms with Crippen molar-refractivity contribution in [1.29, 1.82) is 0 Å². The zero-order chi connectivity index (χ0) is 19.3. The van der Waals surface area contributed by atoms with Gasteiger partial charge < -0.3 is 10.2 Å². The van der Waals surface area contributed by atoms with Crippen LogP contribution in [0.4, 0.5) is 5.69 Å². The smallest absolute Gasteiger partial charge is 0.251 e. The first-order valence-corrected chi connectivity index (χ1v) is 9.28. The van der Waals surface area contributed by atoms with Gasteiger partial charge in [0.25, 0.3) is 5.91 Å². The van der Waals surface area contributed by atoms with Crippen LogP contribution in [0.5, 0.6) is 0 Å². The Hall–Kier alpha value is -3.48.